The minimum absolute atomic E-state index is 0.662. The summed E-state index contributed by atoms with van der Waals surface area (Å²) in [7, 11) is -1.45. The van der Waals surface area contributed by atoms with E-state index in [0.29, 0.717) is 6.61 Å². The molecule has 0 amide bonds. The Bertz CT molecular complexity index is 533. The molecule has 142 valence electrons. The molecule has 0 unspecified atom stereocenters. The Labute approximate surface area is 159 Å². The summed E-state index contributed by atoms with van der Waals surface area (Å²) < 4.78 is 17.7. The maximum Gasteiger partial charge on any atom is 0.463 e. The van der Waals surface area contributed by atoms with E-state index in [-0.39, 0.29) is 0 Å². The number of benzene rings is 2. The van der Waals surface area contributed by atoms with Crippen LogP contribution in [0.3, 0.4) is 0 Å². The van der Waals surface area contributed by atoms with Crippen LogP contribution in [0.25, 0.3) is 0 Å². The Balaban J connectivity index is 1.71. The van der Waals surface area contributed by atoms with Crippen LogP contribution in [0.15, 0.2) is 60.7 Å². The van der Waals surface area contributed by atoms with E-state index >= 15 is 0 Å². The van der Waals surface area contributed by atoms with Crippen LogP contribution < -0.4 is 9.05 Å². The molecule has 2 aromatic rings. The van der Waals surface area contributed by atoms with Gasteiger partial charge in [-0.25, -0.2) is 0 Å². The van der Waals surface area contributed by atoms with Gasteiger partial charge in [0, 0.05) is 0 Å². The zero-order chi connectivity index (χ0) is 18.5. The highest BCUT2D eigenvalue weighted by atomic mass is 31.2. The Morgan fingerprint density at radius 3 is 1.73 bits per heavy atom. The molecular weight excluding hydrogens is 343 g/mol. The Hall–Kier alpha value is -1.57. The van der Waals surface area contributed by atoms with Gasteiger partial charge in [-0.1, -0.05) is 82.3 Å². The van der Waals surface area contributed by atoms with Crippen LogP contribution in [0.5, 0.6) is 11.5 Å². The Morgan fingerprint density at radius 2 is 1.19 bits per heavy atom. The average Bonchev–Trinajstić information content (AvgIpc) is 2.65. The molecule has 0 saturated carbocycles. The van der Waals surface area contributed by atoms with Crippen molar-refractivity contribution >= 4 is 8.60 Å². The smallest absolute Gasteiger partial charge is 0.418 e. The fraction of sp³-hybridized carbons (Fsp3) is 0.455. The van der Waals surface area contributed by atoms with E-state index in [9.17, 15) is 0 Å². The van der Waals surface area contributed by atoms with Crippen LogP contribution in [-0.2, 0) is 4.52 Å². The summed E-state index contributed by atoms with van der Waals surface area (Å²) in [6.45, 7) is 5.24. The number of hydrogen-bond donors (Lipinski definition) is 0. The minimum Gasteiger partial charge on any atom is -0.418 e. The summed E-state index contributed by atoms with van der Waals surface area (Å²) in [6, 6.07) is 19.4. The predicted molar refractivity (Wildman–Crippen MR) is 110 cm³/mol. The molecule has 2 rings (SSSR count). The monoisotopic (exact) mass is 374 g/mol. The molecule has 0 aliphatic rings. The molecule has 0 radical (unpaired) electrons. The fourth-order valence-corrected chi connectivity index (χ4v) is 3.54. The second-order valence-electron chi connectivity index (χ2n) is 6.82. The molecule has 2 aromatic carbocycles. The molecule has 26 heavy (non-hydrogen) atoms. The van der Waals surface area contributed by atoms with Gasteiger partial charge in [0.15, 0.2) is 0 Å². The van der Waals surface area contributed by atoms with Crippen molar-refractivity contribution in [3.63, 3.8) is 0 Å². The molecule has 3 nitrogen and oxygen atoms in total. The number of unbranched alkanes of at least 4 members (excludes halogenated alkanes) is 4. The van der Waals surface area contributed by atoms with Crippen LogP contribution in [0.2, 0.25) is 0 Å². The van der Waals surface area contributed by atoms with Crippen molar-refractivity contribution in [1.82, 2.24) is 0 Å². The van der Waals surface area contributed by atoms with E-state index < -0.39 is 8.60 Å². The zero-order valence-electron chi connectivity index (χ0n) is 16.0. The maximum absolute atomic E-state index is 5.92. The third-order valence-electron chi connectivity index (χ3n) is 3.97. The van der Waals surface area contributed by atoms with Crippen LogP contribution in [0.4, 0.5) is 0 Å². The standard InChI is InChI=1S/C22H31O3P/c1-20(2)14-8-4-3-5-13-19-23-26(24-21-15-9-6-10-16-21)25-22-17-11-7-12-18-22/h6-7,9-12,15-18,20H,3-5,8,13-14,19H2,1-2H3. The van der Waals surface area contributed by atoms with E-state index in [4.69, 9.17) is 13.6 Å². The molecule has 0 aliphatic heterocycles. The molecule has 0 heterocycles. The van der Waals surface area contributed by atoms with Crippen LogP contribution in [-0.4, -0.2) is 6.61 Å². The normalized spacial score (nSPS) is 11.1. The highest BCUT2D eigenvalue weighted by Crippen LogP contribution is 2.41. The van der Waals surface area contributed by atoms with Gasteiger partial charge in [-0.3, -0.25) is 4.52 Å². The lowest BCUT2D eigenvalue weighted by Crippen LogP contribution is -2.01. The van der Waals surface area contributed by atoms with Crippen LogP contribution in [0, 0.1) is 5.92 Å². The lowest BCUT2D eigenvalue weighted by molar-refractivity contribution is 0.258. The van der Waals surface area contributed by atoms with E-state index in [2.05, 4.69) is 13.8 Å². The number of para-hydroxylation sites is 2. The van der Waals surface area contributed by atoms with Gasteiger partial charge in [-0.05, 0) is 36.6 Å². The van der Waals surface area contributed by atoms with Gasteiger partial charge in [-0.15, -0.1) is 0 Å². The predicted octanol–water partition coefficient (Wildman–Crippen LogP) is 7.38. The quantitative estimate of drug-likeness (QED) is 0.270. The summed E-state index contributed by atoms with van der Waals surface area (Å²) >= 11 is 0. The molecule has 0 spiro atoms. The van der Waals surface area contributed by atoms with Crippen LogP contribution in [0.1, 0.15) is 52.4 Å². The lowest BCUT2D eigenvalue weighted by atomic mass is 10.0. The summed E-state index contributed by atoms with van der Waals surface area (Å²) in [5, 5.41) is 0. The molecule has 0 bridgehead atoms. The molecule has 0 atom stereocenters. The van der Waals surface area contributed by atoms with Crippen molar-refractivity contribution < 1.29 is 13.6 Å². The molecule has 0 aromatic heterocycles. The molecule has 0 N–H and O–H groups in total. The number of rotatable bonds is 13. The highest BCUT2D eigenvalue weighted by Gasteiger charge is 2.16. The number of hydrogen-bond acceptors (Lipinski definition) is 3. The van der Waals surface area contributed by atoms with Gasteiger partial charge in [0.25, 0.3) is 0 Å². The van der Waals surface area contributed by atoms with Gasteiger partial charge >= 0.3 is 8.60 Å². The third-order valence-corrected chi connectivity index (χ3v) is 5.08. The first-order valence-corrected chi connectivity index (χ1v) is 10.7. The third kappa shape index (κ3) is 9.22. The van der Waals surface area contributed by atoms with Gasteiger partial charge in [0.2, 0.25) is 0 Å². The summed E-state index contributed by atoms with van der Waals surface area (Å²) in [5.41, 5.74) is 0. The zero-order valence-corrected chi connectivity index (χ0v) is 16.9. The highest BCUT2D eigenvalue weighted by molar-refractivity contribution is 7.42. The molecule has 0 fully saturated rings. The topological polar surface area (TPSA) is 27.7 Å². The Morgan fingerprint density at radius 1 is 0.692 bits per heavy atom. The average molecular weight is 374 g/mol. The van der Waals surface area contributed by atoms with Crippen molar-refractivity contribution in [2.45, 2.75) is 52.4 Å². The van der Waals surface area contributed by atoms with E-state index in [1.54, 1.807) is 0 Å². The van der Waals surface area contributed by atoms with Gasteiger partial charge in [0.1, 0.15) is 11.5 Å². The van der Waals surface area contributed by atoms with Crippen molar-refractivity contribution in [2.75, 3.05) is 6.61 Å². The first-order valence-electron chi connectivity index (χ1n) is 9.63. The first-order chi connectivity index (χ1) is 12.7. The molecule has 0 saturated heterocycles. The fourth-order valence-electron chi connectivity index (χ4n) is 2.53. The second kappa shape index (κ2) is 12.7. The van der Waals surface area contributed by atoms with Crippen LogP contribution >= 0.6 is 8.60 Å². The first kappa shape index (κ1) is 20.7. The second-order valence-corrected chi connectivity index (χ2v) is 7.89. The summed E-state index contributed by atoms with van der Waals surface area (Å²) in [6.07, 6.45) is 7.48. The SMILES string of the molecule is CC(C)CCCCCCCOP(Oc1ccccc1)Oc1ccccc1. The van der Waals surface area contributed by atoms with Crippen molar-refractivity contribution in [3.05, 3.63) is 60.7 Å². The van der Waals surface area contributed by atoms with E-state index in [1.807, 2.05) is 60.7 Å². The Kier molecular flexibility index (Phi) is 10.2. The largest absolute Gasteiger partial charge is 0.463 e. The minimum atomic E-state index is -1.45. The van der Waals surface area contributed by atoms with Crippen molar-refractivity contribution in [2.24, 2.45) is 5.92 Å². The maximum atomic E-state index is 5.92. The van der Waals surface area contributed by atoms with Crippen molar-refractivity contribution in [1.29, 1.82) is 0 Å². The molecular formula is C22H31O3P. The van der Waals surface area contributed by atoms with Gasteiger partial charge < -0.3 is 9.05 Å². The molecule has 4 heteroatoms. The van der Waals surface area contributed by atoms with E-state index in [0.717, 1.165) is 23.8 Å². The summed E-state index contributed by atoms with van der Waals surface area (Å²) in [5.74, 6) is 2.35. The molecule has 0 aliphatic carbocycles. The summed E-state index contributed by atoms with van der Waals surface area (Å²) in [4.78, 5) is 0. The van der Waals surface area contributed by atoms with Gasteiger partial charge in [-0.2, -0.15) is 0 Å². The van der Waals surface area contributed by atoms with E-state index in [1.165, 1.54) is 32.1 Å². The van der Waals surface area contributed by atoms with Crippen molar-refractivity contribution in [3.8, 4) is 11.5 Å². The van der Waals surface area contributed by atoms with Gasteiger partial charge in [0.05, 0.1) is 6.61 Å². The lowest BCUT2D eigenvalue weighted by Gasteiger charge is -2.17.